The lowest BCUT2D eigenvalue weighted by Gasteiger charge is -2.10. The SMILES string of the molecule is CCOC(=N)COc1ccccc1/C=C(/C#N)c1ccc(Cl)cc1. The summed E-state index contributed by atoms with van der Waals surface area (Å²) < 4.78 is 10.7. The highest BCUT2D eigenvalue weighted by atomic mass is 35.5. The molecule has 0 saturated heterocycles. The number of para-hydroxylation sites is 1. The third-order valence-electron chi connectivity index (χ3n) is 3.17. The van der Waals surface area contributed by atoms with Crippen LogP contribution in [0.2, 0.25) is 5.02 Å². The summed E-state index contributed by atoms with van der Waals surface area (Å²) in [5.41, 5.74) is 2.04. The van der Waals surface area contributed by atoms with Gasteiger partial charge in [0.25, 0.3) is 0 Å². The van der Waals surface area contributed by atoms with E-state index in [0.717, 1.165) is 11.1 Å². The maximum Gasteiger partial charge on any atom is 0.219 e. The number of halogens is 1. The summed E-state index contributed by atoms with van der Waals surface area (Å²) in [6, 6.07) is 16.6. The average molecular weight is 341 g/mol. The zero-order chi connectivity index (χ0) is 17.4. The molecular formula is C19H17ClN2O2. The van der Waals surface area contributed by atoms with Crippen LogP contribution in [-0.4, -0.2) is 19.1 Å². The Kier molecular flexibility index (Phi) is 6.41. The molecule has 2 aromatic carbocycles. The molecule has 0 unspecified atom stereocenters. The van der Waals surface area contributed by atoms with Gasteiger partial charge >= 0.3 is 0 Å². The van der Waals surface area contributed by atoms with Gasteiger partial charge in [-0.3, -0.25) is 5.41 Å². The van der Waals surface area contributed by atoms with Crippen molar-refractivity contribution in [1.82, 2.24) is 0 Å². The van der Waals surface area contributed by atoms with E-state index < -0.39 is 0 Å². The zero-order valence-corrected chi connectivity index (χ0v) is 14.0. The normalized spacial score (nSPS) is 10.8. The molecule has 122 valence electrons. The Labute approximate surface area is 146 Å². The molecule has 4 nitrogen and oxygen atoms in total. The fraction of sp³-hybridized carbons (Fsp3) is 0.158. The predicted octanol–water partition coefficient (Wildman–Crippen LogP) is 4.80. The Bertz CT molecular complexity index is 777. The van der Waals surface area contributed by atoms with Crippen LogP contribution in [0.1, 0.15) is 18.1 Å². The van der Waals surface area contributed by atoms with E-state index in [1.165, 1.54) is 0 Å². The third kappa shape index (κ3) is 4.87. The van der Waals surface area contributed by atoms with E-state index in [1.807, 2.05) is 25.1 Å². The second-order valence-corrected chi connectivity index (χ2v) is 5.30. The van der Waals surface area contributed by atoms with Crippen LogP contribution in [0.15, 0.2) is 48.5 Å². The smallest absolute Gasteiger partial charge is 0.219 e. The molecule has 0 radical (unpaired) electrons. The van der Waals surface area contributed by atoms with Crippen LogP contribution in [0, 0.1) is 16.7 Å². The number of nitrogens with one attached hydrogen (secondary N) is 1. The van der Waals surface area contributed by atoms with Gasteiger partial charge in [0.05, 0.1) is 18.2 Å². The van der Waals surface area contributed by atoms with Gasteiger partial charge in [-0.25, -0.2) is 0 Å². The summed E-state index contributed by atoms with van der Waals surface area (Å²) in [5.74, 6) is 0.651. The van der Waals surface area contributed by atoms with Crippen molar-refractivity contribution in [3.63, 3.8) is 0 Å². The Morgan fingerprint density at radius 3 is 2.58 bits per heavy atom. The first kappa shape index (κ1) is 17.6. The monoisotopic (exact) mass is 340 g/mol. The van der Waals surface area contributed by atoms with Gasteiger partial charge in [-0.15, -0.1) is 0 Å². The van der Waals surface area contributed by atoms with E-state index in [0.29, 0.717) is 23.0 Å². The van der Waals surface area contributed by atoms with Gasteiger partial charge in [0, 0.05) is 10.6 Å². The molecule has 0 aromatic heterocycles. The summed E-state index contributed by atoms with van der Waals surface area (Å²) >= 11 is 5.89. The van der Waals surface area contributed by atoms with Crippen LogP contribution in [0.25, 0.3) is 11.6 Å². The molecule has 1 N–H and O–H groups in total. The molecule has 0 saturated carbocycles. The Hall–Kier alpha value is -2.77. The molecule has 0 spiro atoms. The zero-order valence-electron chi connectivity index (χ0n) is 13.3. The molecule has 0 aliphatic heterocycles. The van der Waals surface area contributed by atoms with Crippen LogP contribution < -0.4 is 4.74 Å². The first-order valence-corrected chi connectivity index (χ1v) is 7.81. The Morgan fingerprint density at radius 1 is 1.21 bits per heavy atom. The van der Waals surface area contributed by atoms with Crippen molar-refractivity contribution in [3.8, 4) is 11.8 Å². The number of nitrogens with zero attached hydrogens (tertiary/aromatic N) is 1. The van der Waals surface area contributed by atoms with Gasteiger partial charge in [0.2, 0.25) is 5.90 Å². The van der Waals surface area contributed by atoms with Crippen LogP contribution in [0.5, 0.6) is 5.75 Å². The molecule has 2 aromatic rings. The highest BCUT2D eigenvalue weighted by Gasteiger charge is 2.06. The number of allylic oxidation sites excluding steroid dienone is 1. The molecule has 5 heteroatoms. The number of benzene rings is 2. The minimum atomic E-state index is 0.0432. The van der Waals surface area contributed by atoms with Gasteiger partial charge in [0.1, 0.15) is 5.75 Å². The van der Waals surface area contributed by atoms with E-state index in [1.54, 1.807) is 36.4 Å². The van der Waals surface area contributed by atoms with E-state index in [4.69, 9.17) is 26.5 Å². The summed E-state index contributed by atoms with van der Waals surface area (Å²) in [5, 5.41) is 17.7. The van der Waals surface area contributed by atoms with Crippen LogP contribution in [-0.2, 0) is 4.74 Å². The van der Waals surface area contributed by atoms with Crippen molar-refractivity contribution in [3.05, 3.63) is 64.7 Å². The lowest BCUT2D eigenvalue weighted by atomic mass is 10.0. The van der Waals surface area contributed by atoms with Crippen LogP contribution >= 0.6 is 11.6 Å². The van der Waals surface area contributed by atoms with Gasteiger partial charge < -0.3 is 9.47 Å². The van der Waals surface area contributed by atoms with E-state index >= 15 is 0 Å². The van der Waals surface area contributed by atoms with Crippen molar-refractivity contribution in [2.75, 3.05) is 13.2 Å². The highest BCUT2D eigenvalue weighted by molar-refractivity contribution is 6.30. The molecule has 0 amide bonds. The first-order chi connectivity index (χ1) is 11.6. The number of nitriles is 1. The molecule has 0 heterocycles. The molecule has 24 heavy (non-hydrogen) atoms. The maximum absolute atomic E-state index is 9.44. The third-order valence-corrected chi connectivity index (χ3v) is 3.42. The van der Waals surface area contributed by atoms with Crippen molar-refractivity contribution >= 4 is 29.1 Å². The van der Waals surface area contributed by atoms with Crippen molar-refractivity contribution in [2.45, 2.75) is 6.92 Å². The lowest BCUT2D eigenvalue weighted by Crippen LogP contribution is -2.14. The summed E-state index contributed by atoms with van der Waals surface area (Å²) in [4.78, 5) is 0. The first-order valence-electron chi connectivity index (χ1n) is 7.43. The van der Waals surface area contributed by atoms with Gasteiger partial charge in [0.15, 0.2) is 6.61 Å². The van der Waals surface area contributed by atoms with Gasteiger partial charge in [-0.05, 0) is 36.8 Å². The second-order valence-electron chi connectivity index (χ2n) is 4.86. The largest absolute Gasteiger partial charge is 0.483 e. The minimum Gasteiger partial charge on any atom is -0.483 e. The highest BCUT2D eigenvalue weighted by Crippen LogP contribution is 2.25. The fourth-order valence-corrected chi connectivity index (χ4v) is 2.18. The maximum atomic E-state index is 9.44. The van der Waals surface area contributed by atoms with Crippen molar-refractivity contribution in [2.24, 2.45) is 0 Å². The predicted molar refractivity (Wildman–Crippen MR) is 96.2 cm³/mol. The fourth-order valence-electron chi connectivity index (χ4n) is 2.06. The van der Waals surface area contributed by atoms with Gasteiger partial charge in [-0.1, -0.05) is 41.9 Å². The van der Waals surface area contributed by atoms with Crippen molar-refractivity contribution < 1.29 is 9.47 Å². The van der Waals surface area contributed by atoms with Crippen molar-refractivity contribution in [1.29, 1.82) is 10.7 Å². The van der Waals surface area contributed by atoms with E-state index in [9.17, 15) is 5.26 Å². The number of hydrogen-bond acceptors (Lipinski definition) is 4. The van der Waals surface area contributed by atoms with Crippen LogP contribution in [0.4, 0.5) is 0 Å². The summed E-state index contributed by atoms with van der Waals surface area (Å²) in [7, 11) is 0. The number of ether oxygens (including phenoxy) is 2. The molecular weight excluding hydrogens is 324 g/mol. The van der Waals surface area contributed by atoms with E-state index in [2.05, 4.69) is 6.07 Å². The number of rotatable bonds is 6. The molecule has 2 rings (SSSR count). The topological polar surface area (TPSA) is 66.1 Å². The van der Waals surface area contributed by atoms with E-state index in [-0.39, 0.29) is 12.5 Å². The molecule has 0 fully saturated rings. The van der Waals surface area contributed by atoms with Crippen LogP contribution in [0.3, 0.4) is 0 Å². The molecule has 0 aliphatic rings. The molecule has 0 atom stereocenters. The Balaban J connectivity index is 2.26. The minimum absolute atomic E-state index is 0.0432. The van der Waals surface area contributed by atoms with Gasteiger partial charge in [-0.2, -0.15) is 5.26 Å². The number of hydrogen-bond donors (Lipinski definition) is 1. The molecule has 0 aliphatic carbocycles. The second kappa shape index (κ2) is 8.76. The summed E-state index contributed by atoms with van der Waals surface area (Å²) in [6.45, 7) is 2.29. The average Bonchev–Trinajstić information content (AvgIpc) is 2.60. The summed E-state index contributed by atoms with van der Waals surface area (Å²) in [6.07, 6.45) is 1.75. The quantitative estimate of drug-likeness (QED) is 0.355. The standard InChI is InChI=1S/C19H17ClN2O2/c1-2-23-19(22)13-24-18-6-4-3-5-15(18)11-16(12-21)14-7-9-17(20)10-8-14/h3-11,22H,2,13H2,1H3/b16-11-,22-19?. The molecule has 0 bridgehead atoms. The lowest BCUT2D eigenvalue weighted by molar-refractivity contribution is 0.273. The Morgan fingerprint density at radius 2 is 1.92 bits per heavy atom.